The summed E-state index contributed by atoms with van der Waals surface area (Å²) in [5.74, 6) is -0.639. The smallest absolute Gasteiger partial charge is 0.325 e. The highest BCUT2D eigenvalue weighted by molar-refractivity contribution is 7.89. The van der Waals surface area contributed by atoms with Gasteiger partial charge in [0.1, 0.15) is 6.04 Å². The highest BCUT2D eigenvalue weighted by atomic mass is 32.2. The van der Waals surface area contributed by atoms with E-state index in [-0.39, 0.29) is 17.1 Å². The fourth-order valence-electron chi connectivity index (χ4n) is 3.30. The lowest BCUT2D eigenvalue weighted by Gasteiger charge is -2.33. The number of benzene rings is 2. The molecule has 0 aromatic heterocycles. The van der Waals surface area contributed by atoms with E-state index in [4.69, 9.17) is 0 Å². The number of aryl methyl sites for hydroxylation is 1. The number of nitrogens with one attached hydrogen (secondary N) is 1. The number of rotatable bonds is 4. The van der Waals surface area contributed by atoms with Crippen molar-refractivity contribution in [3.8, 4) is 0 Å². The Bertz CT molecular complexity index is 989. The molecule has 3 rings (SSSR count). The van der Waals surface area contributed by atoms with E-state index in [9.17, 15) is 26.4 Å². The summed E-state index contributed by atoms with van der Waals surface area (Å²) in [5.41, 5.74) is -0.00686. The molecule has 9 heteroatoms. The van der Waals surface area contributed by atoms with E-state index in [1.807, 2.05) is 6.92 Å². The van der Waals surface area contributed by atoms with Gasteiger partial charge in [-0.1, -0.05) is 30.2 Å². The SMILES string of the molecule is Cc1ccc(S(=O)(=O)N2CCCC[C@H]2C(=O)Nc2cccc(C(F)(F)F)c2)cc1. The Morgan fingerprint density at radius 3 is 2.45 bits per heavy atom. The van der Waals surface area contributed by atoms with Crippen LogP contribution in [0.5, 0.6) is 0 Å². The second kappa shape index (κ2) is 8.16. The first-order valence-corrected chi connectivity index (χ1v) is 10.6. The van der Waals surface area contributed by atoms with Crippen molar-refractivity contribution >= 4 is 21.6 Å². The quantitative estimate of drug-likeness (QED) is 0.797. The summed E-state index contributed by atoms with van der Waals surface area (Å²) in [7, 11) is -3.90. The van der Waals surface area contributed by atoms with Gasteiger partial charge in [0.15, 0.2) is 0 Å². The van der Waals surface area contributed by atoms with E-state index >= 15 is 0 Å². The van der Waals surface area contributed by atoms with Crippen LogP contribution in [0.15, 0.2) is 53.4 Å². The number of amides is 1. The third-order valence-corrected chi connectivity index (χ3v) is 6.76. The maximum Gasteiger partial charge on any atom is 0.416 e. The summed E-state index contributed by atoms with van der Waals surface area (Å²) in [6, 6.07) is 9.62. The molecule has 0 bridgehead atoms. The summed E-state index contributed by atoms with van der Waals surface area (Å²) in [4.78, 5) is 12.9. The van der Waals surface area contributed by atoms with E-state index in [1.165, 1.54) is 24.3 Å². The van der Waals surface area contributed by atoms with E-state index in [2.05, 4.69) is 5.32 Å². The van der Waals surface area contributed by atoms with Gasteiger partial charge in [-0.05, 0) is 50.1 Å². The summed E-state index contributed by atoms with van der Waals surface area (Å²) >= 11 is 0. The zero-order chi connectivity index (χ0) is 21.2. The molecule has 1 aliphatic heterocycles. The molecule has 29 heavy (non-hydrogen) atoms. The van der Waals surface area contributed by atoms with Gasteiger partial charge in [0, 0.05) is 12.2 Å². The predicted octanol–water partition coefficient (Wildman–Crippen LogP) is 4.20. The van der Waals surface area contributed by atoms with Crippen molar-refractivity contribution in [3.05, 3.63) is 59.7 Å². The molecule has 1 amide bonds. The van der Waals surface area contributed by atoms with E-state index in [0.29, 0.717) is 19.3 Å². The van der Waals surface area contributed by atoms with Gasteiger partial charge in [-0.2, -0.15) is 17.5 Å². The van der Waals surface area contributed by atoms with E-state index in [1.54, 1.807) is 12.1 Å². The summed E-state index contributed by atoms with van der Waals surface area (Å²) in [5, 5.41) is 2.44. The molecule has 1 aliphatic rings. The lowest BCUT2D eigenvalue weighted by atomic mass is 10.0. The maximum atomic E-state index is 13.0. The van der Waals surface area contributed by atoms with Crippen molar-refractivity contribution < 1.29 is 26.4 Å². The lowest BCUT2D eigenvalue weighted by molar-refractivity contribution is -0.137. The Labute approximate surface area is 167 Å². The second-order valence-electron chi connectivity index (χ2n) is 7.01. The van der Waals surface area contributed by atoms with Crippen LogP contribution in [-0.2, 0) is 21.0 Å². The van der Waals surface area contributed by atoms with Crippen LogP contribution in [0.25, 0.3) is 0 Å². The van der Waals surface area contributed by atoms with Crippen molar-refractivity contribution in [2.75, 3.05) is 11.9 Å². The minimum absolute atomic E-state index is 0.0249. The highest BCUT2D eigenvalue weighted by Gasteiger charge is 2.38. The number of alkyl halides is 3. The van der Waals surface area contributed by atoms with Crippen molar-refractivity contribution in [3.63, 3.8) is 0 Å². The zero-order valence-electron chi connectivity index (χ0n) is 15.7. The van der Waals surface area contributed by atoms with Gasteiger partial charge in [-0.25, -0.2) is 8.42 Å². The van der Waals surface area contributed by atoms with Gasteiger partial charge in [0.05, 0.1) is 10.5 Å². The lowest BCUT2D eigenvalue weighted by Crippen LogP contribution is -2.49. The Balaban J connectivity index is 1.84. The highest BCUT2D eigenvalue weighted by Crippen LogP contribution is 2.31. The van der Waals surface area contributed by atoms with Crippen LogP contribution in [0.3, 0.4) is 0 Å². The Morgan fingerprint density at radius 1 is 1.10 bits per heavy atom. The molecule has 0 spiro atoms. The van der Waals surface area contributed by atoms with Crippen molar-refractivity contribution in [2.45, 2.75) is 43.3 Å². The number of nitrogens with zero attached hydrogens (tertiary/aromatic N) is 1. The fraction of sp³-hybridized carbons (Fsp3) is 0.350. The van der Waals surface area contributed by atoms with Gasteiger partial charge in [-0.3, -0.25) is 4.79 Å². The molecular weight excluding hydrogens is 405 g/mol. The zero-order valence-corrected chi connectivity index (χ0v) is 16.6. The number of anilines is 1. The van der Waals surface area contributed by atoms with Crippen LogP contribution in [0, 0.1) is 6.92 Å². The molecule has 1 N–H and O–H groups in total. The average molecular weight is 426 g/mol. The molecule has 0 aliphatic carbocycles. The van der Waals surface area contributed by atoms with E-state index < -0.39 is 33.7 Å². The molecular formula is C20H21F3N2O3S. The van der Waals surface area contributed by atoms with Gasteiger partial charge in [0.25, 0.3) is 0 Å². The van der Waals surface area contributed by atoms with Crippen molar-refractivity contribution in [1.29, 1.82) is 0 Å². The number of hydrogen-bond acceptors (Lipinski definition) is 3. The third-order valence-electron chi connectivity index (χ3n) is 4.84. The van der Waals surface area contributed by atoms with Gasteiger partial charge in [0.2, 0.25) is 15.9 Å². The monoisotopic (exact) mass is 426 g/mol. The number of carbonyl (C=O) groups is 1. The third kappa shape index (κ3) is 4.79. The first-order chi connectivity index (χ1) is 13.6. The number of hydrogen-bond donors (Lipinski definition) is 1. The number of sulfonamides is 1. The van der Waals surface area contributed by atoms with Crippen LogP contribution in [-0.4, -0.2) is 31.2 Å². The van der Waals surface area contributed by atoms with Gasteiger partial charge < -0.3 is 5.32 Å². The Morgan fingerprint density at radius 2 is 1.79 bits per heavy atom. The van der Waals surface area contributed by atoms with Crippen LogP contribution in [0.2, 0.25) is 0 Å². The molecule has 156 valence electrons. The van der Waals surface area contributed by atoms with Crippen molar-refractivity contribution in [2.24, 2.45) is 0 Å². The standard InChI is InChI=1S/C20H21F3N2O3S/c1-14-8-10-17(11-9-14)29(27,28)25-12-3-2-7-18(25)19(26)24-16-6-4-5-15(13-16)20(21,22)23/h4-6,8-11,13,18H,2-3,7,12H2,1H3,(H,24,26)/t18-/m0/s1. The molecule has 0 unspecified atom stereocenters. The molecule has 0 radical (unpaired) electrons. The first kappa shape index (κ1) is 21.3. The fourth-order valence-corrected chi connectivity index (χ4v) is 4.96. The maximum absolute atomic E-state index is 13.0. The number of piperidine rings is 1. The molecule has 2 aromatic carbocycles. The Kier molecular flexibility index (Phi) is 6.00. The molecule has 1 saturated heterocycles. The molecule has 0 saturated carbocycles. The van der Waals surface area contributed by atoms with Crippen LogP contribution >= 0.6 is 0 Å². The molecule has 2 aromatic rings. The summed E-state index contributed by atoms with van der Waals surface area (Å²) in [6.07, 6.45) is -2.97. The first-order valence-electron chi connectivity index (χ1n) is 9.16. The average Bonchev–Trinajstić information content (AvgIpc) is 2.68. The minimum Gasteiger partial charge on any atom is -0.325 e. The summed E-state index contributed by atoms with van der Waals surface area (Å²) < 4.78 is 65.9. The van der Waals surface area contributed by atoms with Gasteiger partial charge >= 0.3 is 6.18 Å². The molecule has 1 fully saturated rings. The molecule has 1 heterocycles. The Hall–Kier alpha value is -2.39. The minimum atomic E-state index is -4.54. The van der Waals surface area contributed by atoms with Crippen LogP contribution in [0.4, 0.5) is 18.9 Å². The van der Waals surface area contributed by atoms with Crippen LogP contribution < -0.4 is 5.32 Å². The normalized spacial score (nSPS) is 18.4. The van der Waals surface area contributed by atoms with E-state index in [0.717, 1.165) is 22.0 Å². The topological polar surface area (TPSA) is 66.5 Å². The largest absolute Gasteiger partial charge is 0.416 e. The van der Waals surface area contributed by atoms with Crippen molar-refractivity contribution in [1.82, 2.24) is 4.31 Å². The molecule has 5 nitrogen and oxygen atoms in total. The second-order valence-corrected chi connectivity index (χ2v) is 8.90. The number of carbonyl (C=O) groups excluding carboxylic acids is 1. The molecule has 1 atom stereocenters. The number of halogens is 3. The van der Waals surface area contributed by atoms with Crippen LogP contribution in [0.1, 0.15) is 30.4 Å². The summed E-state index contributed by atoms with van der Waals surface area (Å²) in [6.45, 7) is 2.01. The predicted molar refractivity (Wildman–Crippen MR) is 103 cm³/mol. The van der Waals surface area contributed by atoms with Gasteiger partial charge in [-0.15, -0.1) is 0 Å².